The Bertz CT molecular complexity index is 1080. The maximum atomic E-state index is 12.3. The molecular weight excluding hydrogens is 396 g/mol. The second-order valence-electron chi connectivity index (χ2n) is 6.47. The van der Waals surface area contributed by atoms with Gasteiger partial charge in [0.2, 0.25) is 0 Å². The molecule has 0 fully saturated rings. The Balaban J connectivity index is 1.56. The fourth-order valence-electron chi connectivity index (χ4n) is 2.69. The Hall–Kier alpha value is -4.18. The molecule has 0 radical (unpaired) electrons. The molecule has 1 aromatic heterocycles. The third-order valence-electron chi connectivity index (χ3n) is 4.39. The topological polar surface area (TPSA) is 93.7 Å². The van der Waals surface area contributed by atoms with Gasteiger partial charge in [0.15, 0.2) is 0 Å². The molecule has 2 aromatic carbocycles. The van der Waals surface area contributed by atoms with Gasteiger partial charge in [-0.25, -0.2) is 0 Å². The van der Waals surface area contributed by atoms with Gasteiger partial charge in [0.1, 0.15) is 47.0 Å². The normalized spacial score (nSPS) is 10.8. The lowest BCUT2D eigenvalue weighted by Crippen LogP contribution is -2.23. The molecule has 0 aliphatic rings. The first-order valence-corrected chi connectivity index (χ1v) is 9.49. The molecule has 31 heavy (non-hydrogen) atoms. The third kappa shape index (κ3) is 6.15. The van der Waals surface area contributed by atoms with Gasteiger partial charge in [-0.1, -0.05) is 12.1 Å². The van der Waals surface area contributed by atoms with Gasteiger partial charge in [-0.2, -0.15) is 5.26 Å². The molecule has 7 heteroatoms. The molecule has 0 aliphatic heterocycles. The number of ether oxygens (including phenoxy) is 3. The quantitative estimate of drug-likeness (QED) is 0.415. The fraction of sp³-hybridized carbons (Fsp3) is 0.167. The maximum absolute atomic E-state index is 12.3. The Morgan fingerprint density at radius 3 is 2.19 bits per heavy atom. The monoisotopic (exact) mass is 418 g/mol. The van der Waals surface area contributed by atoms with E-state index in [0.717, 1.165) is 17.1 Å². The molecule has 1 N–H and O–H groups in total. The summed E-state index contributed by atoms with van der Waals surface area (Å²) in [5.74, 6) is 2.63. The first-order valence-electron chi connectivity index (χ1n) is 9.49. The standard InChI is InChI=1S/C24H22N2O5/c1-28-19-5-3-17(4-6-19)15-26-24(27)18(14-25)13-22-11-12-23(31-22)16-30-21-9-7-20(29-2)8-10-21/h3-13H,15-16H2,1-2H3,(H,26,27)/b18-13+. The number of amides is 1. The van der Waals surface area contributed by atoms with Crippen molar-refractivity contribution in [3.8, 4) is 23.3 Å². The summed E-state index contributed by atoms with van der Waals surface area (Å²) in [4.78, 5) is 12.3. The minimum atomic E-state index is -0.481. The van der Waals surface area contributed by atoms with E-state index in [-0.39, 0.29) is 12.2 Å². The van der Waals surface area contributed by atoms with Crippen molar-refractivity contribution in [3.63, 3.8) is 0 Å². The first kappa shape index (κ1) is 21.5. The number of hydrogen-bond acceptors (Lipinski definition) is 6. The highest BCUT2D eigenvalue weighted by molar-refractivity contribution is 6.01. The highest BCUT2D eigenvalue weighted by atomic mass is 16.5. The number of hydrogen-bond donors (Lipinski definition) is 1. The lowest BCUT2D eigenvalue weighted by molar-refractivity contribution is -0.117. The predicted molar refractivity (Wildman–Crippen MR) is 114 cm³/mol. The number of rotatable bonds is 9. The van der Waals surface area contributed by atoms with Crippen LogP contribution in [0.2, 0.25) is 0 Å². The van der Waals surface area contributed by atoms with E-state index in [1.54, 1.807) is 62.8 Å². The molecule has 1 amide bonds. The molecule has 0 bridgehead atoms. The smallest absolute Gasteiger partial charge is 0.262 e. The maximum Gasteiger partial charge on any atom is 0.262 e. The van der Waals surface area contributed by atoms with Crippen molar-refractivity contribution < 1.29 is 23.4 Å². The van der Waals surface area contributed by atoms with Gasteiger partial charge < -0.3 is 23.9 Å². The molecule has 0 unspecified atom stereocenters. The number of benzene rings is 2. The van der Waals surface area contributed by atoms with E-state index in [1.165, 1.54) is 6.08 Å². The minimum Gasteiger partial charge on any atom is -0.497 e. The molecule has 0 atom stereocenters. The van der Waals surface area contributed by atoms with E-state index in [1.807, 2.05) is 18.2 Å². The molecule has 0 spiro atoms. The Labute approximate surface area is 180 Å². The lowest BCUT2D eigenvalue weighted by atomic mass is 10.2. The zero-order chi connectivity index (χ0) is 22.1. The van der Waals surface area contributed by atoms with Crippen molar-refractivity contribution in [2.45, 2.75) is 13.2 Å². The summed E-state index contributed by atoms with van der Waals surface area (Å²) in [6.45, 7) is 0.507. The number of carbonyl (C=O) groups excluding carboxylic acids is 1. The lowest BCUT2D eigenvalue weighted by Gasteiger charge is -2.06. The number of nitrogens with zero attached hydrogens (tertiary/aromatic N) is 1. The van der Waals surface area contributed by atoms with Crippen LogP contribution in [-0.2, 0) is 17.9 Å². The summed E-state index contributed by atoms with van der Waals surface area (Å²) in [7, 11) is 3.19. The predicted octanol–water partition coefficient (Wildman–Crippen LogP) is 4.10. The van der Waals surface area contributed by atoms with Crippen LogP contribution in [0, 0.1) is 11.3 Å². The van der Waals surface area contributed by atoms with Crippen molar-refractivity contribution in [3.05, 3.63) is 83.3 Å². The van der Waals surface area contributed by atoms with Crippen LogP contribution in [0.4, 0.5) is 0 Å². The number of carbonyl (C=O) groups is 1. The molecule has 3 rings (SSSR count). The third-order valence-corrected chi connectivity index (χ3v) is 4.39. The molecule has 0 saturated carbocycles. The van der Waals surface area contributed by atoms with Crippen LogP contribution in [0.25, 0.3) is 6.08 Å². The Morgan fingerprint density at radius 1 is 0.968 bits per heavy atom. The van der Waals surface area contributed by atoms with Crippen molar-refractivity contribution in [2.75, 3.05) is 14.2 Å². The van der Waals surface area contributed by atoms with Crippen molar-refractivity contribution in [1.29, 1.82) is 5.26 Å². The van der Waals surface area contributed by atoms with E-state index in [0.29, 0.717) is 23.8 Å². The minimum absolute atomic E-state index is 0.0505. The van der Waals surface area contributed by atoms with Gasteiger partial charge in [-0.3, -0.25) is 4.79 Å². The summed E-state index contributed by atoms with van der Waals surface area (Å²) < 4.78 is 21.5. The van der Waals surface area contributed by atoms with E-state index >= 15 is 0 Å². The van der Waals surface area contributed by atoms with Crippen LogP contribution >= 0.6 is 0 Å². The summed E-state index contributed by atoms with van der Waals surface area (Å²) >= 11 is 0. The molecule has 0 aliphatic carbocycles. The van der Waals surface area contributed by atoms with Crippen molar-refractivity contribution in [1.82, 2.24) is 5.32 Å². The molecule has 3 aromatic rings. The summed E-state index contributed by atoms with van der Waals surface area (Å²) in [6, 6.07) is 19.8. The van der Waals surface area contributed by atoms with E-state index in [2.05, 4.69) is 5.32 Å². The van der Waals surface area contributed by atoms with E-state index in [9.17, 15) is 10.1 Å². The van der Waals surface area contributed by atoms with Crippen LogP contribution in [0.1, 0.15) is 17.1 Å². The van der Waals surface area contributed by atoms with Crippen LogP contribution in [-0.4, -0.2) is 20.1 Å². The van der Waals surface area contributed by atoms with Crippen molar-refractivity contribution >= 4 is 12.0 Å². The SMILES string of the molecule is COc1ccc(CNC(=O)/C(C#N)=C/c2ccc(COc3ccc(OC)cc3)o2)cc1. The zero-order valence-electron chi connectivity index (χ0n) is 17.3. The number of furan rings is 1. The van der Waals surface area contributed by atoms with Gasteiger partial charge in [0.05, 0.1) is 14.2 Å². The molecule has 0 saturated heterocycles. The van der Waals surface area contributed by atoms with Gasteiger partial charge in [0.25, 0.3) is 5.91 Å². The first-order chi connectivity index (χ1) is 15.1. The average Bonchev–Trinajstić information content (AvgIpc) is 3.27. The highest BCUT2D eigenvalue weighted by Gasteiger charge is 2.11. The number of nitriles is 1. The Morgan fingerprint density at radius 2 is 1.58 bits per heavy atom. The van der Waals surface area contributed by atoms with Crippen LogP contribution in [0.5, 0.6) is 17.2 Å². The van der Waals surface area contributed by atoms with Crippen LogP contribution in [0.3, 0.4) is 0 Å². The highest BCUT2D eigenvalue weighted by Crippen LogP contribution is 2.19. The molecule has 7 nitrogen and oxygen atoms in total. The van der Waals surface area contributed by atoms with Gasteiger partial charge >= 0.3 is 0 Å². The average molecular weight is 418 g/mol. The fourth-order valence-corrected chi connectivity index (χ4v) is 2.69. The van der Waals surface area contributed by atoms with Crippen molar-refractivity contribution in [2.24, 2.45) is 0 Å². The van der Waals surface area contributed by atoms with Gasteiger partial charge in [-0.15, -0.1) is 0 Å². The number of methoxy groups -OCH3 is 2. The summed E-state index contributed by atoms with van der Waals surface area (Å²) in [6.07, 6.45) is 1.40. The Kier molecular flexibility index (Phi) is 7.33. The summed E-state index contributed by atoms with van der Waals surface area (Å²) in [5, 5.41) is 12.1. The second kappa shape index (κ2) is 10.6. The molecule has 158 valence electrons. The largest absolute Gasteiger partial charge is 0.497 e. The molecule has 1 heterocycles. The summed E-state index contributed by atoms with van der Waals surface area (Å²) in [5.41, 5.74) is 0.841. The molecular formula is C24H22N2O5. The van der Waals surface area contributed by atoms with Gasteiger partial charge in [-0.05, 0) is 54.1 Å². The van der Waals surface area contributed by atoms with Crippen LogP contribution in [0.15, 0.2) is 70.7 Å². The second-order valence-corrected chi connectivity index (χ2v) is 6.47. The van der Waals surface area contributed by atoms with Crippen LogP contribution < -0.4 is 19.5 Å². The zero-order valence-corrected chi connectivity index (χ0v) is 17.3. The van der Waals surface area contributed by atoms with E-state index < -0.39 is 5.91 Å². The van der Waals surface area contributed by atoms with E-state index in [4.69, 9.17) is 18.6 Å². The number of nitrogens with one attached hydrogen (secondary N) is 1. The van der Waals surface area contributed by atoms with Gasteiger partial charge in [0, 0.05) is 12.6 Å².